The molecule has 2 aromatic carbocycles. The maximum absolute atomic E-state index is 13.2. The normalized spacial score (nSPS) is 17.0. The van der Waals surface area contributed by atoms with E-state index in [0.29, 0.717) is 28.9 Å². The predicted molar refractivity (Wildman–Crippen MR) is 97.6 cm³/mol. The third kappa shape index (κ3) is 3.36. The molecule has 0 spiro atoms. The lowest BCUT2D eigenvalue weighted by Crippen LogP contribution is -2.32. The van der Waals surface area contributed by atoms with Crippen molar-refractivity contribution in [2.24, 2.45) is 0 Å². The maximum atomic E-state index is 13.2. The molecule has 1 heterocycles. The Bertz CT molecular complexity index is 725. The Hall–Kier alpha value is -2.14. The zero-order valence-electron chi connectivity index (χ0n) is 14.1. The van der Waals surface area contributed by atoms with Gasteiger partial charge in [0.2, 0.25) is 0 Å². The standard InChI is InChI=1S/C19H21NO3S/c1-13-8-9-20(17-6-4-5-7-18(17)24-13)19(21)14-10-15(22-2)12-16(11-14)23-3/h4-7,10-13H,8-9H2,1-3H3. The van der Waals surface area contributed by atoms with E-state index in [4.69, 9.17) is 9.47 Å². The highest BCUT2D eigenvalue weighted by atomic mass is 32.2. The summed E-state index contributed by atoms with van der Waals surface area (Å²) in [5.74, 6) is 1.20. The van der Waals surface area contributed by atoms with Crippen molar-refractivity contribution in [3.63, 3.8) is 0 Å². The van der Waals surface area contributed by atoms with Crippen molar-refractivity contribution in [1.29, 1.82) is 0 Å². The van der Waals surface area contributed by atoms with E-state index in [2.05, 4.69) is 13.0 Å². The topological polar surface area (TPSA) is 38.8 Å². The van der Waals surface area contributed by atoms with Gasteiger partial charge in [0, 0.05) is 28.3 Å². The quantitative estimate of drug-likeness (QED) is 0.836. The number of benzene rings is 2. The number of amides is 1. The first kappa shape index (κ1) is 16.7. The van der Waals surface area contributed by atoms with Crippen LogP contribution >= 0.6 is 11.8 Å². The summed E-state index contributed by atoms with van der Waals surface area (Å²) in [6.45, 7) is 2.90. The number of ether oxygens (including phenoxy) is 2. The molecule has 0 radical (unpaired) electrons. The summed E-state index contributed by atoms with van der Waals surface area (Å²) in [4.78, 5) is 16.2. The van der Waals surface area contributed by atoms with Gasteiger partial charge in [-0.1, -0.05) is 19.1 Å². The molecule has 1 aliphatic heterocycles. The average Bonchev–Trinajstić information content (AvgIpc) is 2.78. The monoisotopic (exact) mass is 343 g/mol. The first-order valence-electron chi connectivity index (χ1n) is 7.93. The number of hydrogen-bond acceptors (Lipinski definition) is 4. The fourth-order valence-corrected chi connectivity index (χ4v) is 3.90. The molecule has 2 aromatic rings. The molecule has 4 nitrogen and oxygen atoms in total. The Morgan fingerprint density at radius 1 is 1.12 bits per heavy atom. The number of thioether (sulfide) groups is 1. The fourth-order valence-electron chi connectivity index (χ4n) is 2.78. The minimum atomic E-state index is -0.0330. The summed E-state index contributed by atoms with van der Waals surface area (Å²) in [6, 6.07) is 13.4. The van der Waals surface area contributed by atoms with Gasteiger partial charge >= 0.3 is 0 Å². The van der Waals surface area contributed by atoms with Gasteiger partial charge in [0.05, 0.1) is 19.9 Å². The Morgan fingerprint density at radius 3 is 2.46 bits per heavy atom. The minimum absolute atomic E-state index is 0.0330. The molecule has 3 rings (SSSR count). The summed E-state index contributed by atoms with van der Waals surface area (Å²) in [6.07, 6.45) is 0.951. The zero-order chi connectivity index (χ0) is 17.1. The van der Waals surface area contributed by atoms with Crippen LogP contribution in [0.2, 0.25) is 0 Å². The lowest BCUT2D eigenvalue weighted by atomic mass is 10.1. The van der Waals surface area contributed by atoms with E-state index in [0.717, 1.165) is 17.0 Å². The molecule has 1 aliphatic rings. The van der Waals surface area contributed by atoms with Gasteiger partial charge in [-0.15, -0.1) is 11.8 Å². The average molecular weight is 343 g/mol. The van der Waals surface area contributed by atoms with E-state index >= 15 is 0 Å². The molecule has 0 fully saturated rings. The summed E-state index contributed by atoms with van der Waals surface area (Å²) >= 11 is 1.82. The smallest absolute Gasteiger partial charge is 0.258 e. The van der Waals surface area contributed by atoms with Crippen molar-refractivity contribution in [3.8, 4) is 11.5 Å². The summed E-state index contributed by atoms with van der Waals surface area (Å²) < 4.78 is 10.6. The van der Waals surface area contributed by atoms with Crippen molar-refractivity contribution in [3.05, 3.63) is 48.0 Å². The number of hydrogen-bond donors (Lipinski definition) is 0. The number of carbonyl (C=O) groups excluding carboxylic acids is 1. The van der Waals surface area contributed by atoms with Gasteiger partial charge in [-0.2, -0.15) is 0 Å². The van der Waals surface area contributed by atoms with Gasteiger partial charge in [0.1, 0.15) is 11.5 Å². The number of nitrogens with zero attached hydrogens (tertiary/aromatic N) is 1. The number of para-hydroxylation sites is 1. The number of rotatable bonds is 3. The van der Waals surface area contributed by atoms with Gasteiger partial charge in [-0.05, 0) is 30.7 Å². The number of fused-ring (bicyclic) bond motifs is 1. The second-order valence-electron chi connectivity index (χ2n) is 5.74. The highest BCUT2D eigenvalue weighted by molar-refractivity contribution is 8.00. The molecule has 1 amide bonds. The lowest BCUT2D eigenvalue weighted by Gasteiger charge is -2.23. The maximum Gasteiger partial charge on any atom is 0.258 e. The predicted octanol–water partition coefficient (Wildman–Crippen LogP) is 4.23. The summed E-state index contributed by atoms with van der Waals surface area (Å²) in [5, 5.41) is 0.476. The first-order chi connectivity index (χ1) is 11.6. The second-order valence-corrected chi connectivity index (χ2v) is 7.22. The molecule has 0 aromatic heterocycles. The Balaban J connectivity index is 2.01. The van der Waals surface area contributed by atoms with Gasteiger partial charge in [-0.25, -0.2) is 0 Å². The van der Waals surface area contributed by atoms with Crippen LogP contribution < -0.4 is 14.4 Å². The number of anilines is 1. The lowest BCUT2D eigenvalue weighted by molar-refractivity contribution is 0.0985. The Kier molecular flexibility index (Phi) is 5.00. The molecule has 126 valence electrons. The van der Waals surface area contributed by atoms with Crippen LogP contribution in [0.4, 0.5) is 5.69 Å². The molecule has 0 N–H and O–H groups in total. The number of carbonyl (C=O) groups is 1. The Morgan fingerprint density at radius 2 is 1.79 bits per heavy atom. The van der Waals surface area contributed by atoms with Crippen LogP contribution in [0, 0.1) is 0 Å². The van der Waals surface area contributed by atoms with E-state index in [9.17, 15) is 4.79 Å². The highest BCUT2D eigenvalue weighted by Crippen LogP contribution is 2.38. The van der Waals surface area contributed by atoms with Crippen molar-refractivity contribution >= 4 is 23.4 Å². The molecule has 1 atom stereocenters. The van der Waals surface area contributed by atoms with E-state index < -0.39 is 0 Å². The van der Waals surface area contributed by atoms with Crippen LogP contribution in [0.3, 0.4) is 0 Å². The SMILES string of the molecule is COc1cc(OC)cc(C(=O)N2CCC(C)Sc3ccccc32)c1. The van der Waals surface area contributed by atoms with Crippen LogP contribution in [0.5, 0.6) is 11.5 Å². The molecular formula is C19H21NO3S. The third-order valence-corrected chi connectivity index (χ3v) is 5.32. The zero-order valence-corrected chi connectivity index (χ0v) is 14.9. The van der Waals surface area contributed by atoms with Crippen molar-refractivity contribution in [2.75, 3.05) is 25.7 Å². The van der Waals surface area contributed by atoms with E-state index in [1.807, 2.05) is 34.9 Å². The van der Waals surface area contributed by atoms with Gasteiger partial charge in [0.25, 0.3) is 5.91 Å². The van der Waals surface area contributed by atoms with Crippen molar-refractivity contribution < 1.29 is 14.3 Å². The summed E-state index contributed by atoms with van der Waals surface area (Å²) in [5.41, 5.74) is 1.54. The van der Waals surface area contributed by atoms with Crippen LogP contribution in [0.25, 0.3) is 0 Å². The van der Waals surface area contributed by atoms with E-state index in [1.165, 1.54) is 0 Å². The molecule has 24 heavy (non-hydrogen) atoms. The largest absolute Gasteiger partial charge is 0.497 e. The van der Waals surface area contributed by atoms with Crippen molar-refractivity contribution in [2.45, 2.75) is 23.5 Å². The molecule has 5 heteroatoms. The third-order valence-electron chi connectivity index (χ3n) is 4.09. The van der Waals surface area contributed by atoms with Gasteiger partial charge in [0.15, 0.2) is 0 Å². The molecule has 1 unspecified atom stereocenters. The number of methoxy groups -OCH3 is 2. The minimum Gasteiger partial charge on any atom is -0.497 e. The van der Waals surface area contributed by atoms with Gasteiger partial charge < -0.3 is 14.4 Å². The fraction of sp³-hybridized carbons (Fsp3) is 0.316. The molecule has 0 bridgehead atoms. The Labute approximate surface area is 146 Å². The first-order valence-corrected chi connectivity index (χ1v) is 8.81. The second kappa shape index (κ2) is 7.18. The van der Waals surface area contributed by atoms with Crippen LogP contribution in [-0.2, 0) is 0 Å². The molecule has 0 saturated carbocycles. The van der Waals surface area contributed by atoms with Crippen molar-refractivity contribution in [1.82, 2.24) is 0 Å². The molecular weight excluding hydrogens is 322 g/mol. The highest BCUT2D eigenvalue weighted by Gasteiger charge is 2.25. The van der Waals surface area contributed by atoms with E-state index in [1.54, 1.807) is 32.4 Å². The molecule has 0 aliphatic carbocycles. The van der Waals surface area contributed by atoms with Gasteiger partial charge in [-0.3, -0.25) is 4.79 Å². The molecule has 0 saturated heterocycles. The van der Waals surface area contributed by atoms with Crippen LogP contribution in [-0.4, -0.2) is 31.9 Å². The van der Waals surface area contributed by atoms with E-state index in [-0.39, 0.29) is 5.91 Å². The van der Waals surface area contributed by atoms with Crippen LogP contribution in [0.15, 0.2) is 47.4 Å². The van der Waals surface area contributed by atoms with Crippen LogP contribution in [0.1, 0.15) is 23.7 Å². The summed E-state index contributed by atoms with van der Waals surface area (Å²) in [7, 11) is 3.17.